The van der Waals surface area contributed by atoms with E-state index in [-0.39, 0.29) is 11.7 Å². The highest BCUT2D eigenvalue weighted by Crippen LogP contribution is 2.33. The molecular weight excluding hydrogens is 424 g/mol. The number of halogens is 1. The molecule has 1 N–H and O–H groups in total. The first-order valence-corrected chi connectivity index (χ1v) is 9.37. The summed E-state index contributed by atoms with van der Waals surface area (Å²) in [6.45, 7) is 4.07. The minimum atomic E-state index is -0.384. The average Bonchev–Trinajstić information content (AvgIpc) is 3.28. The lowest BCUT2D eigenvalue weighted by Crippen LogP contribution is -2.11. The number of hydrogen-bond acceptors (Lipinski definition) is 5. The molecule has 1 amide bonds. The summed E-state index contributed by atoms with van der Waals surface area (Å²) in [5, 5.41) is 2.81. The van der Waals surface area contributed by atoms with E-state index in [1.165, 1.54) is 0 Å². The summed E-state index contributed by atoms with van der Waals surface area (Å²) >= 11 is 3.19. The molecule has 0 unspecified atom stereocenters. The molecule has 0 aliphatic rings. The number of nitrogens with one attached hydrogen (secondary N) is 1. The van der Waals surface area contributed by atoms with Gasteiger partial charge in [0.1, 0.15) is 11.3 Å². The standard InChI is InChI=1S/C21H17BrN2O4/c1-11-8-14-18(9-12(11)2)28-21(24-14)13-4-5-16(26-3)15(10-13)23-20(25)17-6-7-19(22)27-17/h4-10H,1-3H3,(H,23,25). The minimum Gasteiger partial charge on any atom is -0.495 e. The lowest BCUT2D eigenvalue weighted by atomic mass is 10.1. The quantitative estimate of drug-likeness (QED) is 0.438. The van der Waals surface area contributed by atoms with Crippen molar-refractivity contribution >= 4 is 38.6 Å². The first kappa shape index (κ1) is 18.3. The van der Waals surface area contributed by atoms with Crippen LogP contribution >= 0.6 is 15.9 Å². The Morgan fingerprint density at radius 2 is 1.86 bits per heavy atom. The number of furan rings is 1. The molecule has 7 heteroatoms. The molecule has 2 aromatic heterocycles. The molecule has 6 nitrogen and oxygen atoms in total. The Morgan fingerprint density at radius 1 is 1.07 bits per heavy atom. The summed E-state index contributed by atoms with van der Waals surface area (Å²) in [6, 6.07) is 12.6. The predicted octanol–water partition coefficient (Wildman–Crippen LogP) is 5.73. The van der Waals surface area contributed by atoms with Gasteiger partial charge in [-0.05, 0) is 83.4 Å². The number of hydrogen-bond donors (Lipinski definition) is 1. The Balaban J connectivity index is 1.71. The molecule has 4 rings (SSSR count). The number of aryl methyl sites for hydroxylation is 2. The van der Waals surface area contributed by atoms with E-state index in [1.807, 2.05) is 32.0 Å². The molecule has 0 fully saturated rings. The summed E-state index contributed by atoms with van der Waals surface area (Å²) in [7, 11) is 1.54. The maximum Gasteiger partial charge on any atom is 0.291 e. The summed E-state index contributed by atoms with van der Waals surface area (Å²) < 4.78 is 17.1. The van der Waals surface area contributed by atoms with Gasteiger partial charge in [-0.3, -0.25) is 4.79 Å². The van der Waals surface area contributed by atoms with Crippen molar-refractivity contribution in [3.05, 3.63) is 64.0 Å². The largest absolute Gasteiger partial charge is 0.495 e. The molecule has 0 saturated heterocycles. The van der Waals surface area contributed by atoms with E-state index in [0.29, 0.717) is 22.0 Å². The molecule has 0 bridgehead atoms. The van der Waals surface area contributed by atoms with Crippen molar-refractivity contribution in [3.63, 3.8) is 0 Å². The lowest BCUT2D eigenvalue weighted by molar-refractivity contribution is 0.0995. The second kappa shape index (κ2) is 7.16. The number of fused-ring (bicyclic) bond motifs is 1. The van der Waals surface area contributed by atoms with Crippen LogP contribution in [0.4, 0.5) is 5.69 Å². The molecule has 4 aromatic rings. The van der Waals surface area contributed by atoms with Crippen LogP contribution in [0.1, 0.15) is 21.7 Å². The minimum absolute atomic E-state index is 0.187. The fourth-order valence-electron chi connectivity index (χ4n) is 2.86. The van der Waals surface area contributed by atoms with Crippen molar-refractivity contribution in [2.24, 2.45) is 0 Å². The van der Waals surface area contributed by atoms with E-state index in [2.05, 4.69) is 26.2 Å². The number of benzene rings is 2. The lowest BCUT2D eigenvalue weighted by Gasteiger charge is -2.10. The summed E-state index contributed by atoms with van der Waals surface area (Å²) in [5.41, 5.74) is 5.03. The summed E-state index contributed by atoms with van der Waals surface area (Å²) in [5.74, 6) is 0.793. The molecule has 0 radical (unpaired) electrons. The number of carbonyl (C=O) groups excluding carboxylic acids is 1. The number of aromatic nitrogens is 1. The Bertz CT molecular complexity index is 1150. The highest BCUT2D eigenvalue weighted by molar-refractivity contribution is 9.10. The number of nitrogens with zero attached hydrogens (tertiary/aromatic N) is 1. The third-order valence-electron chi connectivity index (χ3n) is 4.50. The van der Waals surface area contributed by atoms with E-state index in [9.17, 15) is 4.79 Å². The summed E-state index contributed by atoms with van der Waals surface area (Å²) in [4.78, 5) is 17.0. The zero-order valence-corrected chi connectivity index (χ0v) is 17.1. The fraction of sp³-hybridized carbons (Fsp3) is 0.143. The van der Waals surface area contributed by atoms with Crippen molar-refractivity contribution in [2.75, 3.05) is 12.4 Å². The number of amides is 1. The second-order valence-electron chi connectivity index (χ2n) is 6.40. The molecule has 0 aliphatic carbocycles. The third kappa shape index (κ3) is 3.41. The van der Waals surface area contributed by atoms with Crippen molar-refractivity contribution in [2.45, 2.75) is 13.8 Å². The molecule has 0 atom stereocenters. The molecule has 2 heterocycles. The van der Waals surface area contributed by atoms with Gasteiger partial charge in [-0.1, -0.05) is 0 Å². The highest BCUT2D eigenvalue weighted by atomic mass is 79.9. The second-order valence-corrected chi connectivity index (χ2v) is 7.18. The predicted molar refractivity (Wildman–Crippen MR) is 110 cm³/mol. The highest BCUT2D eigenvalue weighted by Gasteiger charge is 2.16. The molecule has 0 spiro atoms. The summed E-state index contributed by atoms with van der Waals surface area (Å²) in [6.07, 6.45) is 0. The van der Waals surface area contributed by atoms with Gasteiger partial charge in [0, 0.05) is 5.56 Å². The molecule has 0 aliphatic heterocycles. The van der Waals surface area contributed by atoms with E-state index < -0.39 is 0 Å². The fourth-order valence-corrected chi connectivity index (χ4v) is 3.17. The first-order chi connectivity index (χ1) is 13.4. The zero-order chi connectivity index (χ0) is 19.8. The van der Waals surface area contributed by atoms with Crippen molar-refractivity contribution in [1.82, 2.24) is 4.98 Å². The number of oxazole rings is 1. The molecule has 28 heavy (non-hydrogen) atoms. The maximum atomic E-state index is 12.4. The molecular formula is C21H17BrN2O4. The Hall–Kier alpha value is -3.06. The van der Waals surface area contributed by atoms with Gasteiger partial charge in [0.25, 0.3) is 5.91 Å². The van der Waals surface area contributed by atoms with Crippen molar-refractivity contribution < 1.29 is 18.4 Å². The van der Waals surface area contributed by atoms with Gasteiger partial charge in [0.05, 0.1) is 12.8 Å². The normalized spacial score (nSPS) is 11.0. The topological polar surface area (TPSA) is 77.5 Å². The number of methoxy groups -OCH3 is 1. The molecule has 0 saturated carbocycles. The van der Waals surface area contributed by atoms with Crippen molar-refractivity contribution in [1.29, 1.82) is 0 Å². The number of rotatable bonds is 4. The Kier molecular flexibility index (Phi) is 4.68. The van der Waals surface area contributed by atoms with Crippen LogP contribution in [-0.4, -0.2) is 18.0 Å². The SMILES string of the molecule is COc1ccc(-c2nc3cc(C)c(C)cc3o2)cc1NC(=O)c1ccc(Br)o1. The molecule has 2 aromatic carbocycles. The van der Waals surface area contributed by atoms with Gasteiger partial charge in [-0.15, -0.1) is 0 Å². The van der Waals surface area contributed by atoms with Crippen LogP contribution in [-0.2, 0) is 0 Å². The number of ether oxygens (including phenoxy) is 1. The number of carbonyl (C=O) groups is 1. The van der Waals surface area contributed by atoms with Gasteiger partial charge in [-0.25, -0.2) is 4.98 Å². The van der Waals surface area contributed by atoms with Crippen LogP contribution in [0.2, 0.25) is 0 Å². The van der Waals surface area contributed by atoms with E-state index in [0.717, 1.165) is 27.8 Å². The van der Waals surface area contributed by atoms with Crippen LogP contribution in [0.25, 0.3) is 22.6 Å². The first-order valence-electron chi connectivity index (χ1n) is 8.57. The van der Waals surface area contributed by atoms with Crippen LogP contribution in [0, 0.1) is 13.8 Å². The molecule has 142 valence electrons. The van der Waals surface area contributed by atoms with Crippen LogP contribution in [0.15, 0.2) is 56.0 Å². The van der Waals surface area contributed by atoms with Crippen LogP contribution < -0.4 is 10.1 Å². The van der Waals surface area contributed by atoms with Gasteiger partial charge in [-0.2, -0.15) is 0 Å². The average molecular weight is 441 g/mol. The van der Waals surface area contributed by atoms with E-state index in [1.54, 1.807) is 31.4 Å². The van der Waals surface area contributed by atoms with Crippen molar-refractivity contribution in [3.8, 4) is 17.2 Å². The van der Waals surface area contributed by atoms with E-state index in [4.69, 9.17) is 13.6 Å². The van der Waals surface area contributed by atoms with Gasteiger partial charge < -0.3 is 18.9 Å². The number of anilines is 1. The van der Waals surface area contributed by atoms with Gasteiger partial charge in [0.15, 0.2) is 16.0 Å². The van der Waals surface area contributed by atoms with Crippen LogP contribution in [0.3, 0.4) is 0 Å². The van der Waals surface area contributed by atoms with Gasteiger partial charge in [0.2, 0.25) is 5.89 Å². The Morgan fingerprint density at radius 3 is 2.57 bits per heavy atom. The van der Waals surface area contributed by atoms with Gasteiger partial charge >= 0.3 is 0 Å². The van der Waals surface area contributed by atoms with E-state index >= 15 is 0 Å². The van der Waals surface area contributed by atoms with Crippen LogP contribution in [0.5, 0.6) is 5.75 Å². The zero-order valence-electron chi connectivity index (χ0n) is 15.5. The smallest absolute Gasteiger partial charge is 0.291 e. The monoisotopic (exact) mass is 440 g/mol. The Labute approximate surface area is 169 Å². The maximum absolute atomic E-state index is 12.4. The third-order valence-corrected chi connectivity index (χ3v) is 4.92.